The van der Waals surface area contributed by atoms with Crippen molar-refractivity contribution in [3.63, 3.8) is 0 Å². The first-order valence-electron chi connectivity index (χ1n) is 12.7. The number of ketones is 1. The number of aromatic nitrogens is 1. The molecule has 0 aliphatic heterocycles. The van der Waals surface area contributed by atoms with E-state index in [4.69, 9.17) is 4.99 Å². The van der Waals surface area contributed by atoms with E-state index in [9.17, 15) is 19.5 Å². The van der Waals surface area contributed by atoms with Crippen molar-refractivity contribution in [2.75, 3.05) is 27.7 Å². The highest BCUT2D eigenvalue weighted by molar-refractivity contribution is 6.22. The maximum Gasteiger partial charge on any atom is 0.325 e. The van der Waals surface area contributed by atoms with Gasteiger partial charge in [-0.15, -0.1) is 0 Å². The summed E-state index contributed by atoms with van der Waals surface area (Å²) in [5.41, 5.74) is 3.48. The number of nitrogens with zero attached hydrogens (tertiary/aromatic N) is 2. The smallest absolute Gasteiger partial charge is 0.325 e. The van der Waals surface area contributed by atoms with Gasteiger partial charge in [-0.2, -0.15) is 0 Å². The highest BCUT2D eigenvalue weighted by Gasteiger charge is 2.25. The van der Waals surface area contributed by atoms with Crippen LogP contribution in [0, 0.1) is 0 Å². The molecular weight excluding hydrogens is 484 g/mol. The van der Waals surface area contributed by atoms with E-state index in [0.717, 1.165) is 31.2 Å². The van der Waals surface area contributed by atoms with Gasteiger partial charge < -0.3 is 25.0 Å². The second-order valence-corrected chi connectivity index (χ2v) is 9.90. The number of H-pyrrole nitrogens is 1. The molecule has 3 aromatic rings. The van der Waals surface area contributed by atoms with E-state index in [1.54, 1.807) is 42.5 Å². The van der Waals surface area contributed by atoms with Crippen LogP contribution in [0.15, 0.2) is 47.5 Å². The van der Waals surface area contributed by atoms with Crippen molar-refractivity contribution in [2.24, 2.45) is 4.99 Å². The number of nitrogens with one attached hydrogen (secondary N) is 2. The molecule has 1 aliphatic carbocycles. The molecule has 1 heterocycles. The van der Waals surface area contributed by atoms with Gasteiger partial charge >= 0.3 is 5.97 Å². The normalized spacial score (nSPS) is 18.0. The Bertz CT molecular complexity index is 1370. The van der Waals surface area contributed by atoms with Crippen molar-refractivity contribution in [3.05, 3.63) is 64.7 Å². The van der Waals surface area contributed by atoms with Gasteiger partial charge in [-0.1, -0.05) is 12.1 Å². The Hall–Kier alpha value is -3.98. The molecular formula is C29H34N4O5. The molecule has 0 unspecified atom stereocenters. The Morgan fingerprint density at radius 1 is 1.03 bits per heavy atom. The van der Waals surface area contributed by atoms with E-state index in [-0.39, 0.29) is 24.2 Å². The van der Waals surface area contributed by atoms with Gasteiger partial charge in [-0.3, -0.25) is 19.4 Å². The number of aromatic amines is 1. The van der Waals surface area contributed by atoms with Gasteiger partial charge in [0.15, 0.2) is 11.7 Å². The van der Waals surface area contributed by atoms with Crippen molar-refractivity contribution in [3.8, 4) is 5.88 Å². The van der Waals surface area contributed by atoms with E-state index in [2.05, 4.69) is 34.0 Å². The number of Topliss-reactive ketones (excluding diaryl/α,β-unsaturated/α-hetero) is 1. The lowest BCUT2D eigenvalue weighted by molar-refractivity contribution is -0.139. The van der Waals surface area contributed by atoms with Crippen LogP contribution in [0.4, 0.5) is 0 Å². The lowest BCUT2D eigenvalue weighted by Gasteiger charge is -2.31. The summed E-state index contributed by atoms with van der Waals surface area (Å²) < 4.78 is 4.57. The lowest BCUT2D eigenvalue weighted by atomic mass is 9.90. The SMILES string of the molecule is COC(=O)CNC(=O)c1ccc(C(=NC2CCC(N(C)C)CC2)c2c(O)[nH]c3ccc(C(C)=O)cc23)cc1. The fourth-order valence-corrected chi connectivity index (χ4v) is 4.91. The summed E-state index contributed by atoms with van der Waals surface area (Å²) in [6.45, 7) is 1.29. The van der Waals surface area contributed by atoms with Crippen LogP contribution < -0.4 is 5.32 Å². The molecule has 0 atom stereocenters. The maximum atomic E-state index is 12.5. The molecule has 9 heteroatoms. The Morgan fingerprint density at radius 2 is 1.66 bits per heavy atom. The third kappa shape index (κ3) is 5.94. The van der Waals surface area contributed by atoms with Gasteiger partial charge in [0.25, 0.3) is 5.91 Å². The third-order valence-corrected chi connectivity index (χ3v) is 7.17. The van der Waals surface area contributed by atoms with E-state index >= 15 is 0 Å². The highest BCUT2D eigenvalue weighted by atomic mass is 16.5. The lowest BCUT2D eigenvalue weighted by Crippen LogP contribution is -2.33. The number of carbonyl (C=O) groups excluding carboxylic acids is 3. The minimum absolute atomic E-state index is 0.0265. The summed E-state index contributed by atoms with van der Waals surface area (Å²) in [5.74, 6) is -1.03. The summed E-state index contributed by atoms with van der Waals surface area (Å²) >= 11 is 0. The standard InChI is InChI=1S/C29H34N4O5/c1-17(34)20-9-14-24-23(15-20)26(29(37)32-24)27(31-21-10-12-22(13-11-21)33(2)3)18-5-7-19(8-6-18)28(36)30-16-25(35)38-4/h5-9,14-15,21-22,32,37H,10-13,16H2,1-4H3,(H,30,36). The van der Waals surface area contributed by atoms with Crippen molar-refractivity contribution in [2.45, 2.75) is 44.7 Å². The number of rotatable bonds is 8. The van der Waals surface area contributed by atoms with Crippen molar-refractivity contribution < 1.29 is 24.2 Å². The summed E-state index contributed by atoms with van der Waals surface area (Å²) in [4.78, 5) is 46.3. The summed E-state index contributed by atoms with van der Waals surface area (Å²) in [7, 11) is 5.45. The molecule has 2 aromatic carbocycles. The van der Waals surface area contributed by atoms with Gasteiger partial charge in [0.1, 0.15) is 6.54 Å². The molecule has 1 amide bonds. The third-order valence-electron chi connectivity index (χ3n) is 7.17. The molecule has 4 rings (SSSR count). The molecule has 0 spiro atoms. The highest BCUT2D eigenvalue weighted by Crippen LogP contribution is 2.33. The average Bonchev–Trinajstić information content (AvgIpc) is 3.25. The van der Waals surface area contributed by atoms with Gasteiger partial charge in [0, 0.05) is 33.6 Å². The predicted octanol–water partition coefficient (Wildman–Crippen LogP) is 3.69. The summed E-state index contributed by atoms with van der Waals surface area (Å²) in [6, 6.07) is 12.8. The van der Waals surface area contributed by atoms with Crippen LogP contribution in [0.25, 0.3) is 10.9 Å². The summed E-state index contributed by atoms with van der Waals surface area (Å²) in [6.07, 6.45) is 3.90. The quantitative estimate of drug-likeness (QED) is 0.237. The number of fused-ring (bicyclic) bond motifs is 1. The largest absolute Gasteiger partial charge is 0.494 e. The fourth-order valence-electron chi connectivity index (χ4n) is 4.91. The zero-order chi connectivity index (χ0) is 27.4. The number of hydrogen-bond donors (Lipinski definition) is 3. The Balaban J connectivity index is 1.73. The van der Waals surface area contributed by atoms with E-state index in [1.807, 2.05) is 0 Å². The molecule has 200 valence electrons. The Kier molecular flexibility index (Phi) is 8.26. The number of ether oxygens (including phenoxy) is 1. The van der Waals surface area contributed by atoms with Gasteiger partial charge in [0.2, 0.25) is 0 Å². The number of methoxy groups -OCH3 is 1. The number of aliphatic imine (C=N–C) groups is 1. The van der Waals surface area contributed by atoms with Crippen LogP contribution in [-0.4, -0.2) is 78.2 Å². The number of esters is 1. The molecule has 0 bridgehead atoms. The van der Waals surface area contributed by atoms with Crippen molar-refractivity contribution in [1.82, 2.24) is 15.2 Å². The number of aromatic hydroxyl groups is 1. The number of hydrogen-bond acceptors (Lipinski definition) is 7. The first-order chi connectivity index (χ1) is 18.2. The van der Waals surface area contributed by atoms with Gasteiger partial charge in [-0.25, -0.2) is 0 Å². The average molecular weight is 519 g/mol. The molecule has 1 aliphatic rings. The maximum absolute atomic E-state index is 12.5. The monoisotopic (exact) mass is 518 g/mol. The number of amides is 1. The molecule has 0 radical (unpaired) electrons. The molecule has 0 saturated heterocycles. The van der Waals surface area contributed by atoms with E-state index in [1.165, 1.54) is 14.0 Å². The molecule has 38 heavy (non-hydrogen) atoms. The Labute approximate surface area is 221 Å². The number of benzene rings is 2. The van der Waals surface area contributed by atoms with E-state index < -0.39 is 11.9 Å². The zero-order valence-corrected chi connectivity index (χ0v) is 22.2. The second kappa shape index (κ2) is 11.6. The van der Waals surface area contributed by atoms with Crippen molar-refractivity contribution >= 4 is 34.3 Å². The Morgan fingerprint density at radius 3 is 2.26 bits per heavy atom. The van der Waals surface area contributed by atoms with Crippen molar-refractivity contribution in [1.29, 1.82) is 0 Å². The van der Waals surface area contributed by atoms with Crippen LogP contribution in [0.1, 0.15) is 64.4 Å². The first kappa shape index (κ1) is 27.1. The van der Waals surface area contributed by atoms with Crippen LogP contribution >= 0.6 is 0 Å². The summed E-state index contributed by atoms with van der Waals surface area (Å²) in [5, 5.41) is 14.2. The molecule has 9 nitrogen and oxygen atoms in total. The molecule has 1 saturated carbocycles. The van der Waals surface area contributed by atoms with Gasteiger partial charge in [0.05, 0.1) is 24.4 Å². The fraction of sp³-hybridized carbons (Fsp3) is 0.379. The first-order valence-corrected chi connectivity index (χ1v) is 12.7. The molecule has 3 N–H and O–H groups in total. The zero-order valence-electron chi connectivity index (χ0n) is 22.2. The number of carbonyl (C=O) groups is 3. The van der Waals surface area contributed by atoms with Crippen LogP contribution in [0.5, 0.6) is 5.88 Å². The predicted molar refractivity (Wildman–Crippen MR) is 146 cm³/mol. The minimum Gasteiger partial charge on any atom is -0.494 e. The molecule has 1 aromatic heterocycles. The van der Waals surface area contributed by atoms with Crippen LogP contribution in [0.2, 0.25) is 0 Å². The van der Waals surface area contributed by atoms with Crippen LogP contribution in [-0.2, 0) is 9.53 Å². The van der Waals surface area contributed by atoms with Gasteiger partial charge in [-0.05, 0) is 77.0 Å². The minimum atomic E-state index is -0.534. The van der Waals surface area contributed by atoms with E-state index in [0.29, 0.717) is 39.3 Å². The second-order valence-electron chi connectivity index (χ2n) is 9.90. The topological polar surface area (TPSA) is 124 Å². The molecule has 1 fully saturated rings. The van der Waals surface area contributed by atoms with Crippen LogP contribution in [0.3, 0.4) is 0 Å².